The van der Waals surface area contributed by atoms with Crippen LogP contribution >= 0.6 is 11.6 Å². The van der Waals surface area contributed by atoms with E-state index >= 15 is 0 Å². The molecule has 0 aromatic heterocycles. The van der Waals surface area contributed by atoms with E-state index < -0.39 is 5.97 Å². The molecule has 0 bridgehead atoms. The van der Waals surface area contributed by atoms with E-state index in [2.05, 4.69) is 11.8 Å². The Hall–Kier alpha value is -1.97. The van der Waals surface area contributed by atoms with Gasteiger partial charge in [0.1, 0.15) is 0 Å². The molecule has 0 saturated heterocycles. The molecule has 0 fully saturated rings. The van der Waals surface area contributed by atoms with Crippen LogP contribution in [0.5, 0.6) is 0 Å². The van der Waals surface area contributed by atoms with Gasteiger partial charge in [0.2, 0.25) is 0 Å². The summed E-state index contributed by atoms with van der Waals surface area (Å²) in [6, 6.07) is 5.81. The van der Waals surface area contributed by atoms with Crippen LogP contribution in [0.1, 0.15) is 15.9 Å². The first-order valence-corrected chi connectivity index (χ1v) is 3.95. The van der Waals surface area contributed by atoms with Gasteiger partial charge < -0.3 is 5.11 Å². The van der Waals surface area contributed by atoms with Gasteiger partial charge in [-0.3, -0.25) is 0 Å². The second-order valence-electron chi connectivity index (χ2n) is 2.40. The molecule has 0 spiro atoms. The summed E-state index contributed by atoms with van der Waals surface area (Å²) in [5, 5.41) is 17.2. The SMILES string of the molecule is N#CC#Cc1cc(Cl)cc(C(=O)O)c1. The molecule has 4 heteroatoms. The highest BCUT2D eigenvalue weighted by Gasteiger charge is 2.04. The summed E-state index contributed by atoms with van der Waals surface area (Å²) >= 11 is 5.66. The lowest BCUT2D eigenvalue weighted by Gasteiger charge is -1.96. The van der Waals surface area contributed by atoms with Crippen molar-refractivity contribution in [2.75, 3.05) is 0 Å². The highest BCUT2D eigenvalue weighted by Crippen LogP contribution is 2.14. The van der Waals surface area contributed by atoms with Crippen molar-refractivity contribution in [1.82, 2.24) is 0 Å². The third kappa shape index (κ3) is 2.52. The summed E-state index contributed by atoms with van der Waals surface area (Å²) in [7, 11) is 0. The molecular weight excluding hydrogens is 202 g/mol. The zero-order chi connectivity index (χ0) is 10.6. The molecule has 0 amide bonds. The van der Waals surface area contributed by atoms with E-state index in [1.54, 1.807) is 6.07 Å². The summed E-state index contributed by atoms with van der Waals surface area (Å²) in [5.74, 6) is 3.56. The molecule has 1 aromatic carbocycles. The molecule has 0 atom stereocenters. The van der Waals surface area contributed by atoms with Crippen LogP contribution < -0.4 is 0 Å². The van der Waals surface area contributed by atoms with E-state index in [0.717, 1.165) is 0 Å². The number of aromatic carboxylic acids is 1. The Balaban J connectivity index is 3.22. The van der Waals surface area contributed by atoms with Crippen molar-refractivity contribution in [2.24, 2.45) is 0 Å². The number of carboxylic acid groups (broad SMARTS) is 1. The summed E-state index contributed by atoms with van der Waals surface area (Å²) < 4.78 is 0. The number of hydrogen-bond donors (Lipinski definition) is 1. The summed E-state index contributed by atoms with van der Waals surface area (Å²) in [5.41, 5.74) is 0.469. The van der Waals surface area contributed by atoms with E-state index in [1.807, 2.05) is 0 Å². The van der Waals surface area contributed by atoms with Crippen molar-refractivity contribution >= 4 is 17.6 Å². The zero-order valence-electron chi connectivity index (χ0n) is 6.91. The molecule has 0 saturated carbocycles. The molecule has 3 nitrogen and oxygen atoms in total. The fraction of sp³-hybridized carbons (Fsp3) is 0. The number of rotatable bonds is 1. The molecular formula is C10H4ClNO2. The van der Waals surface area contributed by atoms with Crippen LogP contribution in [0.2, 0.25) is 5.02 Å². The van der Waals surface area contributed by atoms with Crippen LogP contribution in [0.4, 0.5) is 0 Å². The van der Waals surface area contributed by atoms with Crippen molar-refractivity contribution in [1.29, 1.82) is 5.26 Å². The van der Waals surface area contributed by atoms with Gasteiger partial charge in [-0.2, -0.15) is 5.26 Å². The minimum absolute atomic E-state index is 0.0553. The van der Waals surface area contributed by atoms with Gasteiger partial charge in [0.25, 0.3) is 0 Å². The summed E-state index contributed by atoms with van der Waals surface area (Å²) in [4.78, 5) is 10.6. The molecule has 0 aliphatic rings. The Morgan fingerprint density at radius 2 is 2.14 bits per heavy atom. The predicted molar refractivity (Wildman–Crippen MR) is 50.9 cm³/mol. The predicted octanol–water partition coefficient (Wildman–Crippen LogP) is 1.91. The van der Waals surface area contributed by atoms with E-state index in [0.29, 0.717) is 5.56 Å². The Morgan fingerprint density at radius 3 is 2.71 bits per heavy atom. The van der Waals surface area contributed by atoms with Gasteiger partial charge in [-0.25, -0.2) is 4.79 Å². The van der Waals surface area contributed by atoms with Crippen molar-refractivity contribution in [3.8, 4) is 17.9 Å². The maximum absolute atomic E-state index is 10.6. The van der Waals surface area contributed by atoms with Crippen LogP contribution in [0.3, 0.4) is 0 Å². The standard InChI is InChI=1S/C10H4ClNO2/c11-9-5-7(2-1-3-12)4-8(6-9)10(13)14/h4-6H,(H,13,14). The maximum Gasteiger partial charge on any atom is 0.335 e. The Morgan fingerprint density at radius 1 is 1.43 bits per heavy atom. The largest absolute Gasteiger partial charge is 0.478 e. The molecule has 0 aliphatic carbocycles. The van der Waals surface area contributed by atoms with Crippen molar-refractivity contribution in [3.05, 3.63) is 34.3 Å². The molecule has 1 N–H and O–H groups in total. The Kier molecular flexibility index (Phi) is 3.12. The Labute approximate surface area is 85.5 Å². The van der Waals surface area contributed by atoms with Crippen molar-refractivity contribution in [2.45, 2.75) is 0 Å². The van der Waals surface area contributed by atoms with Gasteiger partial charge in [0.05, 0.1) is 5.56 Å². The van der Waals surface area contributed by atoms with Gasteiger partial charge in [-0.15, -0.1) is 0 Å². The van der Waals surface area contributed by atoms with Gasteiger partial charge in [0, 0.05) is 16.5 Å². The van der Waals surface area contributed by atoms with Crippen LogP contribution in [-0.2, 0) is 0 Å². The number of halogens is 1. The highest BCUT2D eigenvalue weighted by atomic mass is 35.5. The van der Waals surface area contributed by atoms with Crippen LogP contribution in [0.15, 0.2) is 18.2 Å². The molecule has 0 radical (unpaired) electrons. The van der Waals surface area contributed by atoms with Gasteiger partial charge >= 0.3 is 5.97 Å². The second-order valence-corrected chi connectivity index (χ2v) is 2.83. The zero-order valence-corrected chi connectivity index (χ0v) is 7.67. The lowest BCUT2D eigenvalue weighted by molar-refractivity contribution is 0.0697. The first-order valence-electron chi connectivity index (χ1n) is 3.57. The minimum Gasteiger partial charge on any atom is -0.478 e. The van der Waals surface area contributed by atoms with E-state index in [1.165, 1.54) is 18.2 Å². The average Bonchev–Trinajstić information content (AvgIpc) is 2.14. The van der Waals surface area contributed by atoms with E-state index in [4.69, 9.17) is 22.0 Å². The lowest BCUT2D eigenvalue weighted by Crippen LogP contribution is -1.96. The Bertz CT molecular complexity index is 477. The quantitative estimate of drug-likeness (QED) is 0.713. The number of nitrogens with zero attached hydrogens (tertiary/aromatic N) is 1. The number of carboxylic acids is 1. The number of nitriles is 1. The fourth-order valence-electron chi connectivity index (χ4n) is 0.885. The fourth-order valence-corrected chi connectivity index (χ4v) is 1.12. The molecule has 0 unspecified atom stereocenters. The smallest absolute Gasteiger partial charge is 0.335 e. The molecule has 1 aromatic rings. The van der Waals surface area contributed by atoms with Crippen LogP contribution in [0.25, 0.3) is 0 Å². The van der Waals surface area contributed by atoms with Gasteiger partial charge in [0.15, 0.2) is 6.07 Å². The monoisotopic (exact) mass is 205 g/mol. The maximum atomic E-state index is 10.6. The summed E-state index contributed by atoms with van der Waals surface area (Å²) in [6.45, 7) is 0. The number of carbonyl (C=O) groups is 1. The third-order valence-corrected chi connectivity index (χ3v) is 1.63. The molecule has 68 valence electrons. The summed E-state index contributed by atoms with van der Waals surface area (Å²) in [6.07, 6.45) is 0. The van der Waals surface area contributed by atoms with E-state index in [9.17, 15) is 4.79 Å². The second kappa shape index (κ2) is 4.32. The van der Waals surface area contributed by atoms with E-state index in [-0.39, 0.29) is 10.6 Å². The highest BCUT2D eigenvalue weighted by molar-refractivity contribution is 6.31. The molecule has 0 heterocycles. The topological polar surface area (TPSA) is 61.1 Å². The first-order chi connectivity index (χ1) is 6.63. The normalized spacial score (nSPS) is 8.29. The molecule has 14 heavy (non-hydrogen) atoms. The third-order valence-electron chi connectivity index (χ3n) is 1.41. The lowest BCUT2D eigenvalue weighted by atomic mass is 10.1. The molecule has 0 aliphatic heterocycles. The van der Waals surface area contributed by atoms with Gasteiger partial charge in [-0.1, -0.05) is 17.5 Å². The first kappa shape index (κ1) is 10.1. The minimum atomic E-state index is -1.08. The van der Waals surface area contributed by atoms with Crippen LogP contribution in [0, 0.1) is 23.2 Å². The van der Waals surface area contributed by atoms with Gasteiger partial charge in [-0.05, 0) is 18.2 Å². The van der Waals surface area contributed by atoms with Crippen LogP contribution in [-0.4, -0.2) is 11.1 Å². The number of hydrogen-bond acceptors (Lipinski definition) is 2. The molecule has 1 rings (SSSR count). The van der Waals surface area contributed by atoms with Crippen molar-refractivity contribution in [3.63, 3.8) is 0 Å². The average molecular weight is 206 g/mol. The number of benzene rings is 1. The van der Waals surface area contributed by atoms with Crippen molar-refractivity contribution < 1.29 is 9.90 Å².